The summed E-state index contributed by atoms with van der Waals surface area (Å²) in [6.07, 6.45) is 4.28. The number of unbranched alkanes of at least 4 members (excludes halogenated alkanes) is 1. The fraction of sp³-hybridized carbons (Fsp3) is 0.917. The maximum Gasteiger partial charge on any atom is 0.233 e. The highest BCUT2D eigenvalue weighted by atomic mass is 16.1. The van der Waals surface area contributed by atoms with Crippen molar-refractivity contribution in [3.8, 4) is 0 Å². The van der Waals surface area contributed by atoms with Gasteiger partial charge in [-0.15, -0.1) is 0 Å². The summed E-state index contributed by atoms with van der Waals surface area (Å²) >= 11 is 0. The standard InChI is InChI=1S/C12H26N2O/c1-5-8-9-13-11(15)10-14-12(4,6-2)7-3/h14H,5-10H2,1-4H3,(H,13,15). The fourth-order valence-electron chi connectivity index (χ4n) is 1.26. The molecule has 0 aliphatic heterocycles. The molecule has 0 aliphatic carbocycles. The maximum atomic E-state index is 11.4. The Bertz CT molecular complexity index is 176. The molecule has 0 aromatic rings. The molecule has 0 saturated heterocycles. The third-order valence-electron chi connectivity index (χ3n) is 3.09. The summed E-state index contributed by atoms with van der Waals surface area (Å²) in [5.74, 6) is 0.108. The molecule has 0 radical (unpaired) electrons. The van der Waals surface area contributed by atoms with E-state index in [1.165, 1.54) is 0 Å². The lowest BCUT2D eigenvalue weighted by Gasteiger charge is -2.28. The quantitative estimate of drug-likeness (QED) is 0.607. The SMILES string of the molecule is CCCCNC(=O)CNC(C)(CC)CC. The van der Waals surface area contributed by atoms with E-state index < -0.39 is 0 Å². The first-order chi connectivity index (χ1) is 7.08. The molecule has 15 heavy (non-hydrogen) atoms. The van der Waals surface area contributed by atoms with E-state index in [2.05, 4.69) is 38.3 Å². The van der Waals surface area contributed by atoms with Crippen molar-refractivity contribution in [1.82, 2.24) is 10.6 Å². The van der Waals surface area contributed by atoms with Crippen molar-refractivity contribution in [3.05, 3.63) is 0 Å². The van der Waals surface area contributed by atoms with Gasteiger partial charge in [0.25, 0.3) is 0 Å². The van der Waals surface area contributed by atoms with Gasteiger partial charge in [0.1, 0.15) is 0 Å². The summed E-state index contributed by atoms with van der Waals surface area (Å²) in [6.45, 7) is 9.80. The molecule has 3 nitrogen and oxygen atoms in total. The van der Waals surface area contributed by atoms with Gasteiger partial charge in [-0.05, 0) is 26.2 Å². The van der Waals surface area contributed by atoms with Crippen LogP contribution in [0.3, 0.4) is 0 Å². The first-order valence-corrected chi connectivity index (χ1v) is 6.09. The molecule has 0 aromatic carbocycles. The van der Waals surface area contributed by atoms with Gasteiger partial charge >= 0.3 is 0 Å². The Labute approximate surface area is 94.0 Å². The summed E-state index contributed by atoms with van der Waals surface area (Å²) in [5.41, 5.74) is 0.0993. The van der Waals surface area contributed by atoms with Crippen LogP contribution in [0, 0.1) is 0 Å². The molecule has 0 aliphatic rings. The second kappa shape index (κ2) is 7.69. The molecule has 0 bridgehead atoms. The number of amides is 1. The topological polar surface area (TPSA) is 41.1 Å². The molecule has 0 unspecified atom stereocenters. The summed E-state index contributed by atoms with van der Waals surface area (Å²) in [7, 11) is 0. The van der Waals surface area contributed by atoms with Crippen LogP contribution in [0.2, 0.25) is 0 Å². The van der Waals surface area contributed by atoms with E-state index in [0.29, 0.717) is 6.54 Å². The van der Waals surface area contributed by atoms with Crippen LogP contribution in [0.4, 0.5) is 0 Å². The van der Waals surface area contributed by atoms with Gasteiger partial charge in [0.05, 0.1) is 6.54 Å². The highest BCUT2D eigenvalue weighted by Crippen LogP contribution is 2.12. The molecule has 0 saturated carbocycles. The van der Waals surface area contributed by atoms with Crippen molar-refractivity contribution in [1.29, 1.82) is 0 Å². The number of nitrogens with one attached hydrogen (secondary N) is 2. The van der Waals surface area contributed by atoms with Crippen molar-refractivity contribution in [2.75, 3.05) is 13.1 Å². The van der Waals surface area contributed by atoms with Gasteiger partial charge in [0.2, 0.25) is 5.91 Å². The van der Waals surface area contributed by atoms with Gasteiger partial charge in [-0.25, -0.2) is 0 Å². The second-order valence-corrected chi connectivity index (χ2v) is 4.32. The van der Waals surface area contributed by atoms with Gasteiger partial charge in [0.15, 0.2) is 0 Å². The number of carbonyl (C=O) groups is 1. The van der Waals surface area contributed by atoms with Crippen molar-refractivity contribution in [2.45, 2.75) is 58.9 Å². The zero-order chi connectivity index (χ0) is 11.7. The molecule has 0 rings (SSSR count). The minimum absolute atomic E-state index is 0.0993. The first kappa shape index (κ1) is 14.4. The lowest BCUT2D eigenvalue weighted by atomic mass is 9.96. The lowest BCUT2D eigenvalue weighted by molar-refractivity contribution is -0.120. The van der Waals surface area contributed by atoms with Crippen LogP contribution in [-0.2, 0) is 4.79 Å². The molecule has 0 atom stereocenters. The summed E-state index contributed by atoms with van der Waals surface area (Å²) in [4.78, 5) is 11.4. The number of hydrogen-bond donors (Lipinski definition) is 2. The van der Waals surface area contributed by atoms with Crippen LogP contribution in [0.5, 0.6) is 0 Å². The number of carbonyl (C=O) groups excluding carboxylic acids is 1. The van der Waals surface area contributed by atoms with Crippen LogP contribution in [-0.4, -0.2) is 24.5 Å². The van der Waals surface area contributed by atoms with Crippen molar-refractivity contribution in [2.24, 2.45) is 0 Å². The molecule has 1 amide bonds. The second-order valence-electron chi connectivity index (χ2n) is 4.32. The molecule has 90 valence electrons. The van der Waals surface area contributed by atoms with Crippen LogP contribution in [0.25, 0.3) is 0 Å². The van der Waals surface area contributed by atoms with E-state index in [-0.39, 0.29) is 11.4 Å². The van der Waals surface area contributed by atoms with E-state index in [1.54, 1.807) is 0 Å². The Morgan fingerprint density at radius 1 is 1.20 bits per heavy atom. The minimum Gasteiger partial charge on any atom is -0.355 e. The number of rotatable bonds is 8. The first-order valence-electron chi connectivity index (χ1n) is 6.09. The Kier molecular flexibility index (Phi) is 7.39. The molecular weight excluding hydrogens is 188 g/mol. The van der Waals surface area contributed by atoms with Crippen LogP contribution < -0.4 is 10.6 Å². The van der Waals surface area contributed by atoms with E-state index >= 15 is 0 Å². The summed E-state index contributed by atoms with van der Waals surface area (Å²) in [5, 5.41) is 6.21. The van der Waals surface area contributed by atoms with Crippen LogP contribution >= 0.6 is 0 Å². The zero-order valence-corrected chi connectivity index (χ0v) is 10.7. The highest BCUT2D eigenvalue weighted by Gasteiger charge is 2.19. The van der Waals surface area contributed by atoms with Gasteiger partial charge in [-0.3, -0.25) is 4.79 Å². The van der Waals surface area contributed by atoms with Gasteiger partial charge in [-0.2, -0.15) is 0 Å². The Morgan fingerprint density at radius 2 is 1.80 bits per heavy atom. The van der Waals surface area contributed by atoms with Gasteiger partial charge < -0.3 is 10.6 Å². The van der Waals surface area contributed by atoms with E-state index in [4.69, 9.17) is 0 Å². The van der Waals surface area contributed by atoms with Crippen molar-refractivity contribution in [3.63, 3.8) is 0 Å². The van der Waals surface area contributed by atoms with Crippen molar-refractivity contribution < 1.29 is 4.79 Å². The van der Waals surface area contributed by atoms with Gasteiger partial charge in [-0.1, -0.05) is 27.2 Å². The molecule has 0 heterocycles. The average Bonchev–Trinajstić information content (AvgIpc) is 2.26. The molecule has 3 heteroatoms. The zero-order valence-electron chi connectivity index (χ0n) is 10.7. The maximum absolute atomic E-state index is 11.4. The molecule has 0 aromatic heterocycles. The molecule has 0 spiro atoms. The predicted octanol–water partition coefficient (Wildman–Crippen LogP) is 2.07. The third-order valence-corrected chi connectivity index (χ3v) is 3.09. The predicted molar refractivity (Wildman–Crippen MR) is 64.9 cm³/mol. The molecular formula is C12H26N2O. The molecule has 0 fully saturated rings. The fourth-order valence-corrected chi connectivity index (χ4v) is 1.26. The smallest absolute Gasteiger partial charge is 0.233 e. The van der Waals surface area contributed by atoms with Crippen molar-refractivity contribution >= 4 is 5.91 Å². The normalized spacial score (nSPS) is 11.5. The van der Waals surface area contributed by atoms with Crippen LogP contribution in [0.15, 0.2) is 0 Å². The average molecular weight is 214 g/mol. The summed E-state index contributed by atoms with van der Waals surface area (Å²) in [6, 6.07) is 0. The Balaban J connectivity index is 3.69. The molecule has 2 N–H and O–H groups in total. The van der Waals surface area contributed by atoms with E-state index in [9.17, 15) is 4.79 Å². The Morgan fingerprint density at radius 3 is 2.27 bits per heavy atom. The van der Waals surface area contributed by atoms with Crippen LogP contribution in [0.1, 0.15) is 53.4 Å². The summed E-state index contributed by atoms with van der Waals surface area (Å²) < 4.78 is 0. The Hall–Kier alpha value is -0.570. The lowest BCUT2D eigenvalue weighted by Crippen LogP contribution is -2.46. The number of hydrogen-bond acceptors (Lipinski definition) is 2. The largest absolute Gasteiger partial charge is 0.355 e. The minimum atomic E-state index is 0.0993. The van der Waals surface area contributed by atoms with E-state index in [1.807, 2.05) is 0 Å². The monoisotopic (exact) mass is 214 g/mol. The third kappa shape index (κ3) is 6.50. The van der Waals surface area contributed by atoms with E-state index in [0.717, 1.165) is 32.2 Å². The highest BCUT2D eigenvalue weighted by molar-refractivity contribution is 5.78. The van der Waals surface area contributed by atoms with Gasteiger partial charge in [0, 0.05) is 12.1 Å².